The van der Waals surface area contributed by atoms with Crippen LogP contribution in [0.4, 0.5) is 5.69 Å². The smallest absolute Gasteiger partial charge is 0.244 e. The average Bonchev–Trinajstić information content (AvgIpc) is 3.92. The molecule has 0 bridgehead atoms. The molecule has 2 atom stereocenters. The van der Waals surface area contributed by atoms with E-state index in [9.17, 15) is 23.3 Å². The van der Waals surface area contributed by atoms with Crippen molar-refractivity contribution in [1.82, 2.24) is 15.1 Å². The zero-order valence-electron chi connectivity index (χ0n) is 24.3. The van der Waals surface area contributed by atoms with Gasteiger partial charge in [0, 0.05) is 49.5 Å². The molecule has 5 aliphatic rings. The Morgan fingerprint density at radius 2 is 1.64 bits per heavy atom. The molecule has 2 amide bonds. The predicted octanol–water partition coefficient (Wildman–Crippen LogP) is 3.93. The second-order valence-corrected chi connectivity index (χ2v) is 16.1. The van der Waals surface area contributed by atoms with Gasteiger partial charge in [-0.05, 0) is 80.8 Å². The first-order valence-electron chi connectivity index (χ1n) is 15.4. The van der Waals surface area contributed by atoms with Crippen molar-refractivity contribution in [1.29, 1.82) is 5.26 Å². The minimum absolute atomic E-state index is 0.00696. The zero-order chi connectivity index (χ0) is 30.9. The highest BCUT2D eigenvalue weighted by Gasteiger charge is 2.58. The van der Waals surface area contributed by atoms with E-state index in [0.29, 0.717) is 36.7 Å². The highest BCUT2D eigenvalue weighted by Crippen LogP contribution is 2.51. The van der Waals surface area contributed by atoms with Crippen LogP contribution in [0.2, 0.25) is 10.0 Å². The topological polar surface area (TPSA) is 114 Å². The van der Waals surface area contributed by atoms with Crippen molar-refractivity contribution in [2.45, 2.75) is 78.1 Å². The molecule has 0 spiro atoms. The Morgan fingerprint density at radius 1 is 0.955 bits per heavy atom. The minimum Gasteiger partial charge on any atom is -0.369 e. The molecule has 3 aliphatic carbocycles. The number of amides is 2. The number of benzene rings is 2. The number of sulfone groups is 1. The van der Waals surface area contributed by atoms with Crippen molar-refractivity contribution in [3.8, 4) is 6.07 Å². The molecular weight excluding hydrogens is 621 g/mol. The number of hydrogen-bond donors (Lipinski definition) is 1. The zero-order valence-corrected chi connectivity index (χ0v) is 26.7. The lowest BCUT2D eigenvalue weighted by molar-refractivity contribution is -0.140. The van der Waals surface area contributed by atoms with E-state index in [4.69, 9.17) is 23.2 Å². The van der Waals surface area contributed by atoms with Gasteiger partial charge >= 0.3 is 0 Å². The maximum Gasteiger partial charge on any atom is 0.244 e. The van der Waals surface area contributed by atoms with Gasteiger partial charge in [-0.25, -0.2) is 8.42 Å². The van der Waals surface area contributed by atoms with E-state index in [1.165, 1.54) is 17.7 Å². The van der Waals surface area contributed by atoms with Gasteiger partial charge in [0.15, 0.2) is 9.84 Å². The summed E-state index contributed by atoms with van der Waals surface area (Å²) in [4.78, 5) is 33.9. The number of nitriles is 1. The van der Waals surface area contributed by atoms with Gasteiger partial charge in [-0.3, -0.25) is 14.5 Å². The van der Waals surface area contributed by atoms with Crippen LogP contribution in [0.5, 0.6) is 0 Å². The molecule has 0 radical (unpaired) electrons. The molecule has 2 aromatic carbocycles. The van der Waals surface area contributed by atoms with E-state index in [1.807, 2.05) is 12.1 Å². The average molecular weight is 657 g/mol. The summed E-state index contributed by atoms with van der Waals surface area (Å²) in [5.41, 5.74) is -0.0873. The van der Waals surface area contributed by atoms with E-state index in [-0.39, 0.29) is 28.8 Å². The largest absolute Gasteiger partial charge is 0.369 e. The van der Waals surface area contributed by atoms with Crippen molar-refractivity contribution >= 4 is 50.5 Å². The third-order valence-electron chi connectivity index (χ3n) is 10.1. The van der Waals surface area contributed by atoms with Gasteiger partial charge in [0.1, 0.15) is 11.6 Å². The van der Waals surface area contributed by atoms with Crippen LogP contribution < -0.4 is 10.2 Å². The second-order valence-electron chi connectivity index (χ2n) is 13.0. The molecule has 12 heteroatoms. The Morgan fingerprint density at radius 3 is 2.20 bits per heavy atom. The van der Waals surface area contributed by atoms with E-state index in [1.54, 1.807) is 30.3 Å². The van der Waals surface area contributed by atoms with Crippen LogP contribution in [0.3, 0.4) is 0 Å². The molecule has 1 N–H and O–H groups in total. The second kappa shape index (κ2) is 10.9. The van der Waals surface area contributed by atoms with Gasteiger partial charge in [0.2, 0.25) is 11.8 Å². The lowest BCUT2D eigenvalue weighted by atomic mass is 9.94. The molecule has 2 aliphatic heterocycles. The van der Waals surface area contributed by atoms with Crippen LogP contribution in [0.25, 0.3) is 0 Å². The van der Waals surface area contributed by atoms with E-state index in [0.717, 1.165) is 37.4 Å². The lowest BCUT2D eigenvalue weighted by Crippen LogP contribution is -2.51. The van der Waals surface area contributed by atoms with Crippen LogP contribution in [-0.2, 0) is 24.8 Å². The summed E-state index contributed by atoms with van der Waals surface area (Å²) in [5.74, 6) is -0.764. The van der Waals surface area contributed by atoms with E-state index in [2.05, 4.69) is 21.2 Å². The van der Waals surface area contributed by atoms with Gasteiger partial charge in [-0.1, -0.05) is 35.3 Å². The number of carbonyl (C=O) groups excluding carboxylic acids is 2. The van der Waals surface area contributed by atoms with Gasteiger partial charge in [-0.2, -0.15) is 5.26 Å². The molecule has 0 unspecified atom stereocenters. The van der Waals surface area contributed by atoms with Crippen molar-refractivity contribution in [3.63, 3.8) is 0 Å². The fourth-order valence-corrected chi connectivity index (χ4v) is 9.24. The maximum atomic E-state index is 14.2. The number of likely N-dealkylation sites (tertiary alicyclic amines) is 1. The van der Waals surface area contributed by atoms with Gasteiger partial charge < -0.3 is 15.1 Å². The van der Waals surface area contributed by atoms with Crippen LogP contribution in [0.15, 0.2) is 47.4 Å². The normalized spacial score (nSPS) is 25.8. The Kier molecular flexibility index (Phi) is 7.40. The van der Waals surface area contributed by atoms with Gasteiger partial charge in [-0.15, -0.1) is 0 Å². The molecule has 5 fully saturated rings. The van der Waals surface area contributed by atoms with Crippen LogP contribution >= 0.6 is 23.2 Å². The van der Waals surface area contributed by atoms with Crippen molar-refractivity contribution in [2.75, 3.05) is 37.6 Å². The Bertz CT molecular complexity index is 1640. The van der Waals surface area contributed by atoms with Crippen molar-refractivity contribution < 1.29 is 18.0 Å². The summed E-state index contributed by atoms with van der Waals surface area (Å²) in [6.45, 7) is 3.53. The third-order valence-corrected chi connectivity index (χ3v) is 13.0. The first kappa shape index (κ1) is 29.8. The lowest BCUT2D eigenvalue weighted by Gasteiger charge is -2.36. The Labute approximate surface area is 268 Å². The minimum atomic E-state index is -4.01. The fraction of sp³-hybridized carbons (Fsp3) is 0.531. The van der Waals surface area contributed by atoms with Crippen LogP contribution in [-0.4, -0.2) is 85.6 Å². The maximum absolute atomic E-state index is 14.2. The number of carbonyl (C=O) groups is 2. The molecular formula is C32H35Cl2N5O4S. The van der Waals surface area contributed by atoms with Gasteiger partial charge in [0.05, 0.1) is 26.7 Å². The molecule has 0 aromatic heterocycles. The molecule has 7 rings (SSSR count). The molecule has 232 valence electrons. The summed E-state index contributed by atoms with van der Waals surface area (Å²) in [5, 5.41) is 12.0. The van der Waals surface area contributed by atoms with Crippen molar-refractivity contribution in [2.24, 2.45) is 0 Å². The molecule has 3 saturated carbocycles. The number of nitrogens with one attached hydrogen (secondary N) is 1. The first-order chi connectivity index (χ1) is 21.0. The number of anilines is 1. The summed E-state index contributed by atoms with van der Waals surface area (Å²) in [6.07, 6.45) is 4.73. The molecule has 2 aromatic rings. The number of halogens is 2. The Hall–Kier alpha value is -2.84. The van der Waals surface area contributed by atoms with E-state index < -0.39 is 38.0 Å². The van der Waals surface area contributed by atoms with E-state index >= 15 is 0 Å². The summed E-state index contributed by atoms with van der Waals surface area (Å²) in [7, 11) is -4.01. The quantitative estimate of drug-likeness (QED) is 0.458. The fourth-order valence-electron chi connectivity index (χ4n) is 6.88. The first-order valence-corrected chi connectivity index (χ1v) is 17.7. The highest BCUT2D eigenvalue weighted by atomic mass is 35.5. The number of piperazine rings is 1. The van der Waals surface area contributed by atoms with Crippen LogP contribution in [0, 0.1) is 11.3 Å². The van der Waals surface area contributed by atoms with Crippen molar-refractivity contribution in [3.05, 3.63) is 58.1 Å². The summed E-state index contributed by atoms with van der Waals surface area (Å²) < 4.78 is 28.2. The standard InChI is InChI=1S/C32H35Cl2N5O4S/c33-22-3-1-21(2-4-22)32(11-12-32)30(41)39-19-25(18-27(39)29(40)36-31(20-35)9-10-31)44(42,43)28-8-7-24(17-26(28)34)38-15-13-37(14-16-38)23-5-6-23/h1-4,7-8,17,23,25,27H,5-6,9-16,18-19H2,(H,36,40)/t25-,27+/m1/s1. The number of rotatable bonds is 8. The number of nitrogens with zero attached hydrogens (tertiary/aromatic N) is 4. The number of hydrogen-bond acceptors (Lipinski definition) is 7. The molecule has 9 nitrogen and oxygen atoms in total. The molecule has 2 heterocycles. The Balaban J connectivity index is 1.13. The molecule has 2 saturated heterocycles. The highest BCUT2D eigenvalue weighted by molar-refractivity contribution is 7.92. The monoisotopic (exact) mass is 655 g/mol. The summed E-state index contributed by atoms with van der Waals surface area (Å²) in [6, 6.07) is 14.0. The SMILES string of the molecule is N#CC1(NC(=O)[C@@H]2C[C@@H](S(=O)(=O)c3ccc(N4CCN(C5CC5)CC4)cc3Cl)CN2C(=O)C2(c3ccc(Cl)cc3)CC2)CC1. The van der Waals surface area contributed by atoms with Crippen LogP contribution in [0.1, 0.15) is 50.5 Å². The molecule has 44 heavy (non-hydrogen) atoms. The third kappa shape index (κ3) is 5.36. The summed E-state index contributed by atoms with van der Waals surface area (Å²) >= 11 is 12.8. The predicted molar refractivity (Wildman–Crippen MR) is 167 cm³/mol. The van der Waals surface area contributed by atoms with Gasteiger partial charge in [0.25, 0.3) is 0 Å².